The molecule has 0 amide bonds. The normalized spacial score (nSPS) is 20.6. The molecule has 0 saturated carbocycles. The van der Waals surface area contributed by atoms with Crippen LogP contribution >= 0.6 is 0 Å². The van der Waals surface area contributed by atoms with Crippen molar-refractivity contribution in [2.75, 3.05) is 19.5 Å². The fourth-order valence-corrected chi connectivity index (χ4v) is 6.72. The molecule has 4 aromatic carbocycles. The Balaban J connectivity index is 1.13. The number of hydrogen-bond acceptors (Lipinski definition) is 6. The molecule has 2 aliphatic rings. The molecule has 1 aromatic heterocycles. The highest BCUT2D eigenvalue weighted by atomic mass is 16.5. The van der Waals surface area contributed by atoms with Crippen molar-refractivity contribution in [3.8, 4) is 22.8 Å². The Kier molecular flexibility index (Phi) is 6.48. The molecule has 7 rings (SSSR count). The van der Waals surface area contributed by atoms with Crippen LogP contribution in [0.1, 0.15) is 31.2 Å². The fraction of sp³-hybridized carbons (Fsp3) is 0.294. The first-order valence-corrected chi connectivity index (χ1v) is 14.2. The van der Waals surface area contributed by atoms with Crippen molar-refractivity contribution in [1.82, 2.24) is 15.1 Å². The monoisotopic (exact) mass is 530 g/mol. The summed E-state index contributed by atoms with van der Waals surface area (Å²) >= 11 is 0. The molecular weight excluding hydrogens is 496 g/mol. The standard InChI is InChI=1S/C34H34N4O2/c1-39-29-13-9-24(10-14-29)33-31-16-15-30(40-2)20-32(31)34(37-36-33)35-26-18-27-11-12-28(19-26)38(27)21-22-7-8-23-5-3-4-6-25(23)17-22/h3-10,13-17,20,26-28H,11-12,18-19,21H2,1-2H3,(H,35,37). The summed E-state index contributed by atoms with van der Waals surface area (Å²) in [6.45, 7) is 1.02. The SMILES string of the molecule is COc1ccc(-c2nnc(NC3CC4CCC(C3)N4Cc3ccc4ccccc4c3)c3cc(OC)ccc23)cc1. The maximum atomic E-state index is 5.59. The first-order chi connectivity index (χ1) is 19.7. The molecule has 5 aromatic rings. The fourth-order valence-electron chi connectivity index (χ4n) is 6.72. The van der Waals surface area contributed by atoms with Crippen molar-refractivity contribution in [2.45, 2.75) is 50.4 Å². The number of nitrogens with one attached hydrogen (secondary N) is 1. The number of piperidine rings is 1. The minimum Gasteiger partial charge on any atom is -0.497 e. The van der Waals surface area contributed by atoms with Gasteiger partial charge in [0.15, 0.2) is 5.82 Å². The van der Waals surface area contributed by atoms with E-state index in [9.17, 15) is 0 Å². The smallest absolute Gasteiger partial charge is 0.156 e. The summed E-state index contributed by atoms with van der Waals surface area (Å²) in [4.78, 5) is 2.74. The molecule has 6 nitrogen and oxygen atoms in total. The quantitative estimate of drug-likeness (QED) is 0.243. The Morgan fingerprint density at radius 2 is 1.48 bits per heavy atom. The molecule has 2 saturated heterocycles. The second kappa shape index (κ2) is 10.4. The van der Waals surface area contributed by atoms with Gasteiger partial charge in [-0.15, -0.1) is 10.2 Å². The molecule has 6 heteroatoms. The zero-order valence-electron chi connectivity index (χ0n) is 23.0. The number of aromatic nitrogens is 2. The highest BCUT2D eigenvalue weighted by Gasteiger charge is 2.40. The maximum absolute atomic E-state index is 5.59. The largest absolute Gasteiger partial charge is 0.497 e. The van der Waals surface area contributed by atoms with E-state index >= 15 is 0 Å². The lowest BCUT2D eigenvalue weighted by Gasteiger charge is -2.39. The summed E-state index contributed by atoms with van der Waals surface area (Å²) in [6, 6.07) is 31.2. The molecule has 2 unspecified atom stereocenters. The second-order valence-corrected chi connectivity index (χ2v) is 11.1. The van der Waals surface area contributed by atoms with Gasteiger partial charge in [0.05, 0.1) is 14.2 Å². The van der Waals surface area contributed by atoms with Crippen LogP contribution in [-0.4, -0.2) is 47.4 Å². The number of methoxy groups -OCH3 is 2. The molecule has 2 fully saturated rings. The molecule has 2 bridgehead atoms. The number of ether oxygens (including phenoxy) is 2. The highest BCUT2D eigenvalue weighted by Crippen LogP contribution is 2.39. The zero-order valence-corrected chi connectivity index (χ0v) is 23.0. The van der Waals surface area contributed by atoms with Gasteiger partial charge in [-0.25, -0.2) is 0 Å². The number of nitrogens with zero attached hydrogens (tertiary/aromatic N) is 3. The van der Waals surface area contributed by atoms with E-state index in [0.717, 1.165) is 58.7 Å². The van der Waals surface area contributed by atoms with Crippen molar-refractivity contribution < 1.29 is 9.47 Å². The van der Waals surface area contributed by atoms with Gasteiger partial charge in [0.25, 0.3) is 0 Å². The molecule has 2 atom stereocenters. The lowest BCUT2D eigenvalue weighted by Crippen LogP contribution is -2.46. The average molecular weight is 531 g/mol. The Hall–Kier alpha value is -4.16. The van der Waals surface area contributed by atoms with Crippen LogP contribution in [0.3, 0.4) is 0 Å². The van der Waals surface area contributed by atoms with Crippen LogP contribution in [0.15, 0.2) is 84.9 Å². The van der Waals surface area contributed by atoms with Gasteiger partial charge in [-0.05, 0) is 90.6 Å². The third-order valence-corrected chi connectivity index (χ3v) is 8.75. The van der Waals surface area contributed by atoms with Crippen LogP contribution in [0.2, 0.25) is 0 Å². The van der Waals surface area contributed by atoms with Gasteiger partial charge >= 0.3 is 0 Å². The van der Waals surface area contributed by atoms with Crippen molar-refractivity contribution in [3.63, 3.8) is 0 Å². The van der Waals surface area contributed by atoms with Gasteiger partial charge < -0.3 is 14.8 Å². The van der Waals surface area contributed by atoms with Crippen LogP contribution in [0.25, 0.3) is 32.8 Å². The molecule has 202 valence electrons. The summed E-state index contributed by atoms with van der Waals surface area (Å²) in [5.41, 5.74) is 3.27. The van der Waals surface area contributed by atoms with Gasteiger partial charge in [-0.3, -0.25) is 4.90 Å². The summed E-state index contributed by atoms with van der Waals surface area (Å²) in [7, 11) is 3.38. The number of fused-ring (bicyclic) bond motifs is 4. The van der Waals surface area contributed by atoms with Gasteiger partial charge in [-0.1, -0.05) is 36.4 Å². The molecule has 3 heterocycles. The van der Waals surface area contributed by atoms with Crippen LogP contribution in [0, 0.1) is 0 Å². The second-order valence-electron chi connectivity index (χ2n) is 11.1. The average Bonchev–Trinajstić information content (AvgIpc) is 3.23. The van der Waals surface area contributed by atoms with Gasteiger partial charge in [0, 0.05) is 41.0 Å². The zero-order chi connectivity index (χ0) is 27.1. The third kappa shape index (κ3) is 4.62. The van der Waals surface area contributed by atoms with E-state index < -0.39 is 0 Å². The van der Waals surface area contributed by atoms with E-state index in [4.69, 9.17) is 19.7 Å². The molecule has 1 N–H and O–H groups in total. The highest BCUT2D eigenvalue weighted by molar-refractivity contribution is 6.00. The summed E-state index contributed by atoms with van der Waals surface area (Å²) in [5, 5.41) is 17.9. The van der Waals surface area contributed by atoms with Gasteiger partial charge in [0.1, 0.15) is 17.2 Å². The summed E-state index contributed by atoms with van der Waals surface area (Å²) in [5.74, 6) is 2.47. The number of rotatable bonds is 7. The van der Waals surface area contributed by atoms with E-state index in [2.05, 4.69) is 64.8 Å². The number of hydrogen-bond donors (Lipinski definition) is 1. The lowest BCUT2D eigenvalue weighted by atomic mass is 9.95. The Morgan fingerprint density at radius 1 is 0.750 bits per heavy atom. The van der Waals surface area contributed by atoms with Gasteiger partial charge in [0.2, 0.25) is 0 Å². The molecule has 0 spiro atoms. The minimum atomic E-state index is 0.362. The molecular formula is C34H34N4O2. The number of benzene rings is 4. The number of anilines is 1. The van der Waals surface area contributed by atoms with Crippen molar-refractivity contribution in [1.29, 1.82) is 0 Å². The van der Waals surface area contributed by atoms with Gasteiger partial charge in [-0.2, -0.15) is 0 Å². The van der Waals surface area contributed by atoms with Crippen LogP contribution in [0.5, 0.6) is 11.5 Å². The van der Waals surface area contributed by atoms with E-state index in [0.29, 0.717) is 18.1 Å². The van der Waals surface area contributed by atoms with E-state index in [1.54, 1.807) is 14.2 Å². The molecule has 2 aliphatic heterocycles. The van der Waals surface area contributed by atoms with E-state index in [-0.39, 0.29) is 0 Å². The predicted molar refractivity (Wildman–Crippen MR) is 161 cm³/mol. The first-order valence-electron chi connectivity index (χ1n) is 14.2. The molecule has 40 heavy (non-hydrogen) atoms. The Morgan fingerprint density at radius 3 is 2.23 bits per heavy atom. The molecule has 0 radical (unpaired) electrons. The van der Waals surface area contributed by atoms with Crippen molar-refractivity contribution in [2.24, 2.45) is 0 Å². The minimum absolute atomic E-state index is 0.362. The maximum Gasteiger partial charge on any atom is 0.156 e. The topological polar surface area (TPSA) is 59.5 Å². The molecule has 0 aliphatic carbocycles. The van der Waals surface area contributed by atoms with Crippen molar-refractivity contribution in [3.05, 3.63) is 90.5 Å². The van der Waals surface area contributed by atoms with E-state index in [1.165, 1.54) is 29.2 Å². The van der Waals surface area contributed by atoms with Crippen LogP contribution in [0.4, 0.5) is 5.82 Å². The summed E-state index contributed by atoms with van der Waals surface area (Å²) in [6.07, 6.45) is 4.73. The first kappa shape index (κ1) is 24.9. The van der Waals surface area contributed by atoms with Crippen LogP contribution < -0.4 is 14.8 Å². The lowest BCUT2D eigenvalue weighted by molar-refractivity contribution is 0.124. The Bertz CT molecular complexity index is 1650. The Labute approximate surface area is 234 Å². The van der Waals surface area contributed by atoms with Crippen LogP contribution in [-0.2, 0) is 6.54 Å². The predicted octanol–water partition coefficient (Wildman–Crippen LogP) is 7.07. The third-order valence-electron chi connectivity index (χ3n) is 8.75. The van der Waals surface area contributed by atoms with Crippen molar-refractivity contribution >= 4 is 27.4 Å². The van der Waals surface area contributed by atoms with E-state index in [1.807, 2.05) is 30.3 Å². The summed E-state index contributed by atoms with van der Waals surface area (Å²) < 4.78 is 10.9.